The number of nitrogens with zero attached hydrogens (tertiary/aromatic N) is 1. The van der Waals surface area contributed by atoms with E-state index < -0.39 is 0 Å². The van der Waals surface area contributed by atoms with E-state index in [0.29, 0.717) is 11.4 Å². The van der Waals surface area contributed by atoms with Crippen molar-refractivity contribution < 1.29 is 4.73 Å². The minimum Gasteiger partial charge on any atom is -0.618 e. The molecule has 0 atom stereocenters. The Morgan fingerprint density at radius 1 is 1.60 bits per heavy atom. The lowest BCUT2D eigenvalue weighted by molar-refractivity contribution is -0.611. The molecule has 1 aromatic rings. The topological polar surface area (TPSA) is 53.0 Å². The summed E-state index contributed by atoms with van der Waals surface area (Å²) in [5, 5.41) is 10.7. The number of nitrogens with two attached hydrogens (primary N) is 1. The number of halogens is 1. The van der Waals surface area contributed by atoms with E-state index >= 15 is 0 Å². The van der Waals surface area contributed by atoms with Gasteiger partial charge in [0.05, 0.1) is 0 Å². The molecule has 0 spiro atoms. The van der Waals surface area contributed by atoms with E-state index in [2.05, 4.69) is 0 Å². The van der Waals surface area contributed by atoms with E-state index in [1.165, 1.54) is 6.20 Å². The minimum absolute atomic E-state index is 0. The third kappa shape index (κ3) is 1.51. The van der Waals surface area contributed by atoms with Gasteiger partial charge in [-0.3, -0.25) is 0 Å². The van der Waals surface area contributed by atoms with E-state index in [4.69, 9.17) is 5.73 Å². The maximum atomic E-state index is 10.7. The molecule has 56 valence electrons. The number of nitrogen functional groups attached to an aromatic ring is 1. The average molecular weight is 161 g/mol. The second-order valence-corrected chi connectivity index (χ2v) is 1.87. The fourth-order valence-corrected chi connectivity index (χ4v) is 0.585. The molecule has 1 rings (SSSR count). The van der Waals surface area contributed by atoms with Crippen molar-refractivity contribution in [2.75, 3.05) is 5.73 Å². The summed E-state index contributed by atoms with van der Waals surface area (Å²) in [4.78, 5) is 0. The van der Waals surface area contributed by atoms with Gasteiger partial charge in [0.1, 0.15) is 5.69 Å². The predicted molar refractivity (Wildman–Crippen MR) is 41.8 cm³/mol. The van der Waals surface area contributed by atoms with Gasteiger partial charge in [-0.1, -0.05) is 0 Å². The second kappa shape index (κ2) is 3.27. The van der Waals surface area contributed by atoms with E-state index in [1.54, 1.807) is 19.1 Å². The normalized spacial score (nSPS) is 8.50. The van der Waals surface area contributed by atoms with Gasteiger partial charge in [0.2, 0.25) is 5.69 Å². The summed E-state index contributed by atoms with van der Waals surface area (Å²) in [6.45, 7) is 1.68. The highest BCUT2D eigenvalue weighted by atomic mass is 35.5. The predicted octanol–water partition coefficient (Wildman–Crippen LogP) is 0.632. The first kappa shape index (κ1) is 9.04. The zero-order valence-corrected chi connectivity index (χ0v) is 6.39. The summed E-state index contributed by atoms with van der Waals surface area (Å²) in [7, 11) is 0. The van der Waals surface area contributed by atoms with Crippen LogP contribution in [-0.4, -0.2) is 0 Å². The molecule has 0 aromatic carbocycles. The van der Waals surface area contributed by atoms with Crippen LogP contribution in [0.4, 0.5) is 5.69 Å². The molecule has 0 amide bonds. The monoisotopic (exact) mass is 160 g/mol. The van der Waals surface area contributed by atoms with E-state index in [1.807, 2.05) is 0 Å². The molecule has 0 bridgehead atoms. The number of hydrogen-bond donors (Lipinski definition) is 1. The smallest absolute Gasteiger partial charge is 0.212 e. The molecular formula is C6H9ClN2O. The lowest BCUT2D eigenvalue weighted by atomic mass is 10.3. The van der Waals surface area contributed by atoms with Gasteiger partial charge in [0, 0.05) is 13.0 Å². The molecule has 0 saturated heterocycles. The second-order valence-electron chi connectivity index (χ2n) is 1.87. The highest BCUT2D eigenvalue weighted by Crippen LogP contribution is 2.00. The Kier molecular flexibility index (Phi) is 2.96. The van der Waals surface area contributed by atoms with Crippen LogP contribution < -0.4 is 10.5 Å². The van der Waals surface area contributed by atoms with E-state index in [0.717, 1.165) is 4.73 Å². The molecule has 0 unspecified atom stereocenters. The van der Waals surface area contributed by atoms with Gasteiger partial charge in [-0.25, -0.2) is 0 Å². The summed E-state index contributed by atoms with van der Waals surface area (Å²) < 4.78 is 0.745. The Bertz CT molecular complexity index is 207. The lowest BCUT2D eigenvalue weighted by Gasteiger charge is -1.99. The van der Waals surface area contributed by atoms with Crippen molar-refractivity contribution in [2.24, 2.45) is 0 Å². The van der Waals surface area contributed by atoms with Gasteiger partial charge in [0.15, 0.2) is 6.20 Å². The molecule has 1 aromatic heterocycles. The summed E-state index contributed by atoms with van der Waals surface area (Å²) in [5.41, 5.74) is 6.49. The zero-order chi connectivity index (χ0) is 6.85. The first-order chi connectivity index (χ1) is 4.22. The Labute approximate surface area is 65.5 Å². The molecule has 1 heterocycles. The van der Waals surface area contributed by atoms with Crippen molar-refractivity contribution in [1.29, 1.82) is 0 Å². The van der Waals surface area contributed by atoms with Gasteiger partial charge in [-0.15, -0.1) is 12.4 Å². The first-order valence-corrected chi connectivity index (χ1v) is 2.66. The first-order valence-electron chi connectivity index (χ1n) is 2.66. The third-order valence-corrected chi connectivity index (χ3v) is 1.25. The summed E-state index contributed by atoms with van der Waals surface area (Å²) >= 11 is 0. The van der Waals surface area contributed by atoms with Gasteiger partial charge >= 0.3 is 0 Å². The van der Waals surface area contributed by atoms with Crippen LogP contribution in [0.3, 0.4) is 0 Å². The summed E-state index contributed by atoms with van der Waals surface area (Å²) in [6.07, 6.45) is 1.42. The van der Waals surface area contributed by atoms with Crippen molar-refractivity contribution in [3.63, 3.8) is 0 Å². The molecule has 0 radical (unpaired) electrons. The number of pyridine rings is 1. The standard InChI is InChI=1S/C6H8N2O.ClH/c1-5-6(7)3-2-4-8(5)9;/h2-4H,7H2,1H3;1H. The fourth-order valence-electron chi connectivity index (χ4n) is 0.585. The number of aromatic nitrogens is 1. The Hall–Kier alpha value is -0.960. The van der Waals surface area contributed by atoms with E-state index in [9.17, 15) is 5.21 Å². The van der Waals surface area contributed by atoms with E-state index in [-0.39, 0.29) is 12.4 Å². The summed E-state index contributed by atoms with van der Waals surface area (Å²) in [6, 6.07) is 3.32. The van der Waals surface area contributed by atoms with Crippen LogP contribution in [0.15, 0.2) is 18.3 Å². The minimum atomic E-state index is 0. The largest absolute Gasteiger partial charge is 0.618 e. The number of hydrogen-bond acceptors (Lipinski definition) is 2. The van der Waals surface area contributed by atoms with Crippen molar-refractivity contribution in [2.45, 2.75) is 6.92 Å². The van der Waals surface area contributed by atoms with Gasteiger partial charge in [-0.05, 0) is 6.07 Å². The van der Waals surface area contributed by atoms with Crippen molar-refractivity contribution in [3.05, 3.63) is 29.2 Å². The molecule has 0 aliphatic rings. The molecule has 3 nitrogen and oxygen atoms in total. The fraction of sp³-hybridized carbons (Fsp3) is 0.167. The highest BCUT2D eigenvalue weighted by Gasteiger charge is 1.99. The zero-order valence-electron chi connectivity index (χ0n) is 5.57. The van der Waals surface area contributed by atoms with Crippen molar-refractivity contribution >= 4 is 18.1 Å². The molecule has 0 fully saturated rings. The maximum absolute atomic E-state index is 10.7. The number of rotatable bonds is 0. The quantitative estimate of drug-likeness (QED) is 0.447. The Morgan fingerprint density at radius 3 is 2.60 bits per heavy atom. The SMILES string of the molecule is Cc1c(N)ccc[n+]1[O-].Cl. The van der Waals surface area contributed by atoms with Crippen LogP contribution in [0.2, 0.25) is 0 Å². The third-order valence-electron chi connectivity index (χ3n) is 1.25. The molecule has 10 heavy (non-hydrogen) atoms. The van der Waals surface area contributed by atoms with Gasteiger partial charge in [-0.2, -0.15) is 4.73 Å². The van der Waals surface area contributed by atoms with Gasteiger partial charge < -0.3 is 10.9 Å². The lowest BCUT2D eigenvalue weighted by Crippen LogP contribution is -2.29. The molecular weight excluding hydrogens is 152 g/mol. The van der Waals surface area contributed by atoms with Crippen molar-refractivity contribution in [3.8, 4) is 0 Å². The number of anilines is 1. The molecule has 0 aliphatic heterocycles. The molecule has 2 N–H and O–H groups in total. The molecule has 4 heteroatoms. The van der Waals surface area contributed by atoms with Crippen LogP contribution in [0.25, 0.3) is 0 Å². The Balaban J connectivity index is 0.000000810. The van der Waals surface area contributed by atoms with Crippen LogP contribution in [0, 0.1) is 12.1 Å². The Morgan fingerprint density at radius 2 is 2.20 bits per heavy atom. The highest BCUT2D eigenvalue weighted by molar-refractivity contribution is 5.85. The summed E-state index contributed by atoms with van der Waals surface area (Å²) in [5.74, 6) is 0. The van der Waals surface area contributed by atoms with Crippen LogP contribution >= 0.6 is 12.4 Å². The molecule has 0 saturated carbocycles. The van der Waals surface area contributed by atoms with Crippen LogP contribution in [0.1, 0.15) is 5.69 Å². The van der Waals surface area contributed by atoms with Crippen LogP contribution in [0.5, 0.6) is 0 Å². The van der Waals surface area contributed by atoms with Crippen LogP contribution in [-0.2, 0) is 0 Å². The molecule has 0 aliphatic carbocycles. The maximum Gasteiger partial charge on any atom is 0.212 e. The average Bonchev–Trinajstić information content (AvgIpc) is 1.83. The van der Waals surface area contributed by atoms with Crippen molar-refractivity contribution in [1.82, 2.24) is 0 Å². The van der Waals surface area contributed by atoms with Gasteiger partial charge in [0.25, 0.3) is 0 Å².